The van der Waals surface area contributed by atoms with E-state index in [-0.39, 0.29) is 22.4 Å². The molecule has 1 saturated heterocycles. The van der Waals surface area contributed by atoms with Gasteiger partial charge in [-0.15, -0.1) is 0 Å². The van der Waals surface area contributed by atoms with E-state index in [0.29, 0.717) is 18.9 Å². The molecule has 0 amide bonds. The summed E-state index contributed by atoms with van der Waals surface area (Å²) in [5.74, 6) is -1.26. The summed E-state index contributed by atoms with van der Waals surface area (Å²) in [5, 5.41) is 13.2. The van der Waals surface area contributed by atoms with E-state index in [0.717, 1.165) is 30.9 Å². The molecule has 1 aromatic heterocycles. The minimum absolute atomic E-state index is 0.0972. The third-order valence-electron chi connectivity index (χ3n) is 5.01. The fraction of sp³-hybridized carbons (Fsp3) is 0.500. The number of aliphatic hydroxyl groups is 1. The van der Waals surface area contributed by atoms with E-state index in [2.05, 4.69) is 20.0 Å². The molecule has 1 aromatic carbocycles. The molecule has 0 aliphatic carbocycles. The van der Waals surface area contributed by atoms with Gasteiger partial charge in [0.25, 0.3) is 0 Å². The van der Waals surface area contributed by atoms with Gasteiger partial charge in [0.15, 0.2) is 16.8 Å². The van der Waals surface area contributed by atoms with Gasteiger partial charge in [-0.25, -0.2) is 18.1 Å². The Balaban J connectivity index is 1.83. The lowest BCUT2D eigenvalue weighted by atomic mass is 10.2. The molecule has 32 heavy (non-hydrogen) atoms. The van der Waals surface area contributed by atoms with Crippen LogP contribution in [0.25, 0.3) is 0 Å². The Morgan fingerprint density at radius 2 is 2.03 bits per heavy atom. The maximum Gasteiger partial charge on any atom is 0.219 e. The average Bonchev–Trinajstić information content (AvgIpc) is 2.75. The van der Waals surface area contributed by atoms with Crippen LogP contribution in [0.5, 0.6) is 5.88 Å². The number of aliphatic hydroxyl groups excluding tert-OH is 1. The first-order chi connectivity index (χ1) is 15.2. The van der Waals surface area contributed by atoms with Gasteiger partial charge >= 0.3 is 0 Å². The molecular formula is C20H29F2N5O3S2. The lowest BCUT2D eigenvalue weighted by molar-refractivity contribution is 0.0569. The summed E-state index contributed by atoms with van der Waals surface area (Å²) in [6.07, 6.45) is 0.351. The molecule has 3 rings (SSSR count). The molecule has 1 aliphatic heterocycles. The highest BCUT2D eigenvalue weighted by molar-refractivity contribution is 8.01. The van der Waals surface area contributed by atoms with E-state index < -0.39 is 34.1 Å². The second kappa shape index (κ2) is 10.8. The van der Waals surface area contributed by atoms with Crippen LogP contribution in [0.1, 0.15) is 19.4 Å². The maximum absolute atomic E-state index is 14.0. The smallest absolute Gasteiger partial charge is 0.219 e. The number of thioether (sulfide) groups is 1. The number of halogens is 2. The van der Waals surface area contributed by atoms with E-state index >= 15 is 0 Å². The standard InChI is InChI=1S/C20H29F2N5O3S2/c1-13(28)14(2)30-18-11-17(26-32(3,29)27-9-7-23-8-10-27)24-20(25-18)31-12-15-5-4-6-16(21)19(15)22/h4-6,11,13-14,23,28,32H,7-10,12H2,1-3H3,(H,24,25,26,29)/t13-,14?/m1/s1. The van der Waals surface area contributed by atoms with E-state index in [1.54, 1.807) is 20.1 Å². The molecule has 2 atom stereocenters. The van der Waals surface area contributed by atoms with Crippen molar-refractivity contribution in [2.75, 3.05) is 37.2 Å². The second-order valence-electron chi connectivity index (χ2n) is 7.63. The first-order valence-corrected chi connectivity index (χ1v) is 13.4. The van der Waals surface area contributed by atoms with Gasteiger partial charge in [-0.2, -0.15) is 4.98 Å². The van der Waals surface area contributed by atoms with E-state index in [9.17, 15) is 18.1 Å². The van der Waals surface area contributed by atoms with Crippen molar-refractivity contribution < 1.29 is 22.8 Å². The zero-order chi connectivity index (χ0) is 23.3. The fourth-order valence-corrected chi connectivity index (χ4v) is 5.46. The zero-order valence-corrected chi connectivity index (χ0v) is 19.9. The van der Waals surface area contributed by atoms with E-state index in [4.69, 9.17) is 4.74 Å². The number of ether oxygens (including phenoxy) is 1. The lowest BCUT2D eigenvalue weighted by Gasteiger charge is -2.37. The number of anilines is 1. The Hall–Kier alpha value is -1.86. The van der Waals surface area contributed by atoms with Crippen LogP contribution < -0.4 is 14.8 Å². The third kappa shape index (κ3) is 6.58. The highest BCUT2D eigenvalue weighted by Gasteiger charge is 2.22. The predicted octanol–water partition coefficient (Wildman–Crippen LogP) is 1.99. The zero-order valence-electron chi connectivity index (χ0n) is 18.2. The van der Waals surface area contributed by atoms with Crippen LogP contribution in [0, 0.1) is 11.6 Å². The van der Waals surface area contributed by atoms with Gasteiger partial charge in [0.2, 0.25) is 5.88 Å². The molecule has 12 heteroatoms. The lowest BCUT2D eigenvalue weighted by Crippen LogP contribution is -2.51. The minimum atomic E-state index is -2.94. The van der Waals surface area contributed by atoms with Gasteiger partial charge in [-0.05, 0) is 19.9 Å². The molecular weight excluding hydrogens is 460 g/mol. The molecule has 8 nitrogen and oxygen atoms in total. The van der Waals surface area contributed by atoms with Crippen LogP contribution in [-0.4, -0.2) is 68.2 Å². The van der Waals surface area contributed by atoms with Gasteiger partial charge in [-0.1, -0.05) is 23.9 Å². The van der Waals surface area contributed by atoms with Crippen molar-refractivity contribution in [1.29, 1.82) is 0 Å². The van der Waals surface area contributed by atoms with Crippen molar-refractivity contribution in [3.63, 3.8) is 0 Å². The van der Waals surface area contributed by atoms with Crippen LogP contribution in [0.15, 0.2) is 29.4 Å². The number of aromatic nitrogens is 2. The summed E-state index contributed by atoms with van der Waals surface area (Å²) >= 11 is 1.10. The molecule has 2 heterocycles. The molecule has 0 bridgehead atoms. The number of hydrogen-bond acceptors (Lipinski definition) is 7. The van der Waals surface area contributed by atoms with Crippen molar-refractivity contribution in [3.8, 4) is 5.88 Å². The second-order valence-corrected chi connectivity index (χ2v) is 11.1. The summed E-state index contributed by atoms with van der Waals surface area (Å²) in [6.45, 7) is 6.04. The van der Waals surface area contributed by atoms with Crippen LogP contribution in [-0.2, 0) is 16.1 Å². The molecule has 0 radical (unpaired) electrons. The Morgan fingerprint density at radius 3 is 2.72 bits per heavy atom. The molecule has 2 aromatic rings. The van der Waals surface area contributed by atoms with Crippen molar-refractivity contribution in [2.45, 2.75) is 37.0 Å². The maximum atomic E-state index is 14.0. The number of nitrogens with zero attached hydrogens (tertiary/aromatic N) is 3. The number of piperazine rings is 1. The summed E-state index contributed by atoms with van der Waals surface area (Å²) in [4.78, 5) is 8.71. The van der Waals surface area contributed by atoms with Crippen molar-refractivity contribution in [2.24, 2.45) is 0 Å². The van der Waals surface area contributed by atoms with Crippen molar-refractivity contribution in [1.82, 2.24) is 19.6 Å². The Kier molecular flexibility index (Phi) is 8.39. The van der Waals surface area contributed by atoms with Crippen molar-refractivity contribution in [3.05, 3.63) is 41.5 Å². The number of hydrogen-bond donors (Lipinski definition) is 4. The number of nitrogens with one attached hydrogen (secondary N) is 2. The summed E-state index contributed by atoms with van der Waals surface area (Å²) in [5.41, 5.74) is 0.179. The molecule has 1 unspecified atom stereocenters. The highest BCUT2D eigenvalue weighted by Crippen LogP contribution is 2.27. The van der Waals surface area contributed by atoms with Crippen LogP contribution in [0.3, 0.4) is 0 Å². The molecule has 178 valence electrons. The summed E-state index contributed by atoms with van der Waals surface area (Å²) in [7, 11) is -2.94. The van der Waals surface area contributed by atoms with Gasteiger partial charge in [0.1, 0.15) is 11.9 Å². The van der Waals surface area contributed by atoms with E-state index in [1.165, 1.54) is 18.2 Å². The molecule has 1 fully saturated rings. The number of thiol groups is 1. The SMILES string of the molecule is CC(Oc1cc(N[SH](C)(=O)N2CCNCC2)nc(SCc2cccc(F)c2F)n1)[C@@H](C)O. The van der Waals surface area contributed by atoms with Crippen LogP contribution >= 0.6 is 11.8 Å². The quantitative estimate of drug-likeness (QED) is 0.243. The number of rotatable bonds is 9. The number of benzene rings is 1. The fourth-order valence-electron chi connectivity index (χ4n) is 3.00. The predicted molar refractivity (Wildman–Crippen MR) is 123 cm³/mol. The van der Waals surface area contributed by atoms with Crippen LogP contribution in [0.2, 0.25) is 0 Å². The topological polar surface area (TPSA) is 99.6 Å². The van der Waals surface area contributed by atoms with Crippen molar-refractivity contribution >= 4 is 27.9 Å². The Bertz CT molecular complexity index is 976. The summed E-state index contributed by atoms with van der Waals surface area (Å²) < 4.78 is 51.4. The first-order valence-electron chi connectivity index (χ1n) is 10.3. The van der Waals surface area contributed by atoms with Gasteiger partial charge in [0.05, 0.1) is 6.10 Å². The largest absolute Gasteiger partial charge is 0.472 e. The van der Waals surface area contributed by atoms with Crippen LogP contribution in [0.4, 0.5) is 14.6 Å². The average molecular weight is 490 g/mol. The van der Waals surface area contributed by atoms with E-state index in [1.807, 2.05) is 4.31 Å². The highest BCUT2D eigenvalue weighted by atomic mass is 32.3. The third-order valence-corrected chi connectivity index (χ3v) is 8.03. The van der Waals surface area contributed by atoms with Gasteiger partial charge < -0.3 is 19.9 Å². The Labute approximate surface area is 191 Å². The first kappa shape index (κ1) is 24.8. The van der Waals surface area contributed by atoms with Gasteiger partial charge in [-0.3, -0.25) is 4.21 Å². The monoisotopic (exact) mass is 489 g/mol. The molecule has 3 N–H and O–H groups in total. The molecule has 0 spiro atoms. The minimum Gasteiger partial charge on any atom is -0.472 e. The summed E-state index contributed by atoms with van der Waals surface area (Å²) in [6, 6.07) is 5.50. The Morgan fingerprint density at radius 1 is 1.31 bits per heavy atom. The molecule has 1 aliphatic rings. The molecule has 0 saturated carbocycles. The van der Waals surface area contributed by atoms with Gasteiger partial charge in [0, 0.05) is 60.1 Å². The normalized spacial score (nSPS) is 17.6.